The van der Waals surface area contributed by atoms with Gasteiger partial charge in [0.1, 0.15) is 5.15 Å². The molecule has 15 heavy (non-hydrogen) atoms. The number of rotatable bonds is 2. The van der Waals surface area contributed by atoms with Gasteiger partial charge in [0, 0.05) is 19.3 Å². The molecule has 0 radical (unpaired) electrons. The molecule has 1 aliphatic rings. The molecule has 0 saturated carbocycles. The summed E-state index contributed by atoms with van der Waals surface area (Å²) in [5, 5.41) is 0.599. The average molecular weight is 225 g/mol. The zero-order chi connectivity index (χ0) is 10.7. The smallest absolute Gasteiger partial charge is 0.209 e. The lowest BCUT2D eigenvalue weighted by Crippen LogP contribution is -2.31. The maximum atomic E-state index is 10.6. The summed E-state index contributed by atoms with van der Waals surface area (Å²) in [7, 11) is 0. The van der Waals surface area contributed by atoms with Crippen LogP contribution in [0.1, 0.15) is 24.3 Å². The van der Waals surface area contributed by atoms with Gasteiger partial charge in [0.25, 0.3) is 0 Å². The molecule has 0 unspecified atom stereocenters. The molecular weight excluding hydrogens is 212 g/mol. The Morgan fingerprint density at radius 3 is 2.80 bits per heavy atom. The van der Waals surface area contributed by atoms with Crippen LogP contribution in [0, 0.1) is 0 Å². The fraction of sp³-hybridized carbons (Fsp3) is 0.455. The highest BCUT2D eigenvalue weighted by molar-refractivity contribution is 6.30. The molecule has 4 heteroatoms. The minimum atomic E-state index is 0.447. The van der Waals surface area contributed by atoms with E-state index in [-0.39, 0.29) is 0 Å². The van der Waals surface area contributed by atoms with E-state index in [4.69, 9.17) is 11.6 Å². The number of nitrogens with zero attached hydrogens (tertiary/aromatic N) is 2. The Bertz CT molecular complexity index is 348. The van der Waals surface area contributed by atoms with Crippen LogP contribution in [0.3, 0.4) is 0 Å². The summed E-state index contributed by atoms with van der Waals surface area (Å²) in [4.78, 5) is 16.4. The van der Waals surface area contributed by atoms with Gasteiger partial charge < -0.3 is 4.90 Å². The molecule has 1 fully saturated rings. The number of hydrogen-bond acceptors (Lipinski definition) is 2. The second kappa shape index (κ2) is 4.62. The van der Waals surface area contributed by atoms with E-state index in [1.165, 1.54) is 0 Å². The van der Waals surface area contributed by atoms with Crippen LogP contribution in [-0.2, 0) is 4.79 Å². The standard InChI is InChI=1S/C11H13ClN2O/c12-11-10(2-1-5-13-11)9-3-6-14(8-15)7-4-9/h1-2,5,8-9H,3-4,6-7H2. The van der Waals surface area contributed by atoms with Crippen LogP contribution < -0.4 is 0 Å². The largest absolute Gasteiger partial charge is 0.345 e. The number of carbonyl (C=O) groups is 1. The van der Waals surface area contributed by atoms with Gasteiger partial charge in [0.15, 0.2) is 0 Å². The van der Waals surface area contributed by atoms with E-state index in [1.54, 1.807) is 11.1 Å². The van der Waals surface area contributed by atoms with E-state index in [2.05, 4.69) is 4.98 Å². The van der Waals surface area contributed by atoms with Gasteiger partial charge in [-0.15, -0.1) is 0 Å². The van der Waals surface area contributed by atoms with Gasteiger partial charge in [-0.3, -0.25) is 4.79 Å². The van der Waals surface area contributed by atoms with Gasteiger partial charge in [-0.05, 0) is 30.4 Å². The molecule has 0 aromatic carbocycles. The molecule has 1 amide bonds. The maximum Gasteiger partial charge on any atom is 0.209 e. The summed E-state index contributed by atoms with van der Waals surface area (Å²) in [6.07, 6.45) is 4.57. The molecule has 1 saturated heterocycles. The van der Waals surface area contributed by atoms with Gasteiger partial charge in [-0.1, -0.05) is 17.7 Å². The topological polar surface area (TPSA) is 33.2 Å². The van der Waals surface area contributed by atoms with Crippen molar-refractivity contribution >= 4 is 18.0 Å². The Balaban J connectivity index is 2.07. The minimum Gasteiger partial charge on any atom is -0.345 e. The summed E-state index contributed by atoms with van der Waals surface area (Å²) < 4.78 is 0. The molecule has 3 nitrogen and oxygen atoms in total. The molecule has 0 bridgehead atoms. The Kier molecular flexibility index (Phi) is 3.21. The van der Waals surface area contributed by atoms with Crippen molar-refractivity contribution in [1.82, 2.24) is 9.88 Å². The van der Waals surface area contributed by atoms with Crippen molar-refractivity contribution in [3.63, 3.8) is 0 Å². The molecule has 2 heterocycles. The van der Waals surface area contributed by atoms with Crippen LogP contribution in [-0.4, -0.2) is 29.4 Å². The van der Waals surface area contributed by atoms with Crippen LogP contribution in [0.5, 0.6) is 0 Å². The first-order valence-electron chi connectivity index (χ1n) is 5.11. The third kappa shape index (κ3) is 2.29. The lowest BCUT2D eigenvalue weighted by Gasteiger charge is -2.29. The molecule has 0 atom stereocenters. The van der Waals surface area contributed by atoms with Crippen molar-refractivity contribution in [2.75, 3.05) is 13.1 Å². The van der Waals surface area contributed by atoms with Crippen molar-refractivity contribution < 1.29 is 4.79 Å². The van der Waals surface area contributed by atoms with Crippen LogP contribution in [0.15, 0.2) is 18.3 Å². The summed E-state index contributed by atoms with van der Waals surface area (Å²) in [6.45, 7) is 1.64. The third-order valence-electron chi connectivity index (χ3n) is 2.91. The first kappa shape index (κ1) is 10.4. The van der Waals surface area contributed by atoms with Crippen LogP contribution >= 0.6 is 11.6 Å². The Morgan fingerprint density at radius 2 is 2.20 bits per heavy atom. The van der Waals surface area contributed by atoms with E-state index in [1.807, 2.05) is 12.1 Å². The van der Waals surface area contributed by atoms with Crippen molar-refractivity contribution in [3.05, 3.63) is 29.0 Å². The van der Waals surface area contributed by atoms with Gasteiger partial charge in [-0.25, -0.2) is 4.98 Å². The fourth-order valence-corrected chi connectivity index (χ4v) is 2.29. The minimum absolute atomic E-state index is 0.447. The number of likely N-dealkylation sites (tertiary alicyclic amines) is 1. The SMILES string of the molecule is O=CN1CCC(c2cccnc2Cl)CC1. The van der Waals surface area contributed by atoms with Gasteiger partial charge in [-0.2, -0.15) is 0 Å². The van der Waals surface area contributed by atoms with Crippen LogP contribution in [0.2, 0.25) is 5.15 Å². The number of hydrogen-bond donors (Lipinski definition) is 0. The summed E-state index contributed by atoms with van der Waals surface area (Å²) in [5.74, 6) is 0.447. The van der Waals surface area contributed by atoms with E-state index in [0.29, 0.717) is 11.1 Å². The first-order valence-corrected chi connectivity index (χ1v) is 5.49. The molecular formula is C11H13ClN2O. The van der Waals surface area contributed by atoms with Crippen LogP contribution in [0.4, 0.5) is 0 Å². The Labute approximate surface area is 94.1 Å². The van der Waals surface area contributed by atoms with Crippen LogP contribution in [0.25, 0.3) is 0 Å². The number of carbonyl (C=O) groups excluding carboxylic acids is 1. The average Bonchev–Trinajstić information content (AvgIpc) is 2.30. The van der Waals surface area contributed by atoms with E-state index >= 15 is 0 Å². The van der Waals surface area contributed by atoms with E-state index in [9.17, 15) is 4.79 Å². The van der Waals surface area contributed by atoms with Gasteiger partial charge >= 0.3 is 0 Å². The summed E-state index contributed by atoms with van der Waals surface area (Å²) in [5.41, 5.74) is 1.12. The highest BCUT2D eigenvalue weighted by Crippen LogP contribution is 2.30. The Hall–Kier alpha value is -1.09. The van der Waals surface area contributed by atoms with Crippen molar-refractivity contribution in [2.24, 2.45) is 0 Å². The van der Waals surface area contributed by atoms with E-state index < -0.39 is 0 Å². The molecule has 1 aromatic heterocycles. The number of aromatic nitrogens is 1. The highest BCUT2D eigenvalue weighted by Gasteiger charge is 2.21. The second-order valence-electron chi connectivity index (χ2n) is 3.80. The summed E-state index contributed by atoms with van der Waals surface area (Å²) in [6, 6.07) is 3.93. The molecule has 80 valence electrons. The molecule has 1 aromatic rings. The van der Waals surface area contributed by atoms with Gasteiger partial charge in [0.2, 0.25) is 6.41 Å². The molecule has 0 spiro atoms. The molecule has 0 N–H and O–H groups in total. The quantitative estimate of drug-likeness (QED) is 0.569. The third-order valence-corrected chi connectivity index (χ3v) is 3.22. The summed E-state index contributed by atoms with van der Waals surface area (Å²) >= 11 is 6.03. The van der Waals surface area contributed by atoms with Gasteiger partial charge in [0.05, 0.1) is 0 Å². The maximum absolute atomic E-state index is 10.6. The predicted molar refractivity (Wildman–Crippen MR) is 58.9 cm³/mol. The normalized spacial score (nSPS) is 17.8. The Morgan fingerprint density at radius 1 is 1.47 bits per heavy atom. The number of pyridine rings is 1. The van der Waals surface area contributed by atoms with E-state index in [0.717, 1.165) is 37.9 Å². The van der Waals surface area contributed by atoms with Crippen molar-refractivity contribution in [2.45, 2.75) is 18.8 Å². The molecule has 1 aliphatic heterocycles. The predicted octanol–water partition coefficient (Wildman–Crippen LogP) is 2.07. The monoisotopic (exact) mass is 224 g/mol. The fourth-order valence-electron chi connectivity index (χ4n) is 2.02. The zero-order valence-corrected chi connectivity index (χ0v) is 9.15. The lowest BCUT2D eigenvalue weighted by molar-refractivity contribution is -0.119. The zero-order valence-electron chi connectivity index (χ0n) is 8.40. The first-order chi connectivity index (χ1) is 7.31. The molecule has 2 rings (SSSR count). The van der Waals surface area contributed by atoms with Crippen molar-refractivity contribution in [3.8, 4) is 0 Å². The van der Waals surface area contributed by atoms with Crippen molar-refractivity contribution in [1.29, 1.82) is 0 Å². The number of amides is 1. The number of halogens is 1. The molecule has 0 aliphatic carbocycles. The highest BCUT2D eigenvalue weighted by atomic mass is 35.5. The second-order valence-corrected chi connectivity index (χ2v) is 4.16. The number of piperidine rings is 1. The lowest BCUT2D eigenvalue weighted by atomic mass is 9.91.